The van der Waals surface area contributed by atoms with Gasteiger partial charge >= 0.3 is 0 Å². The van der Waals surface area contributed by atoms with Gasteiger partial charge in [-0.3, -0.25) is 5.41 Å². The van der Waals surface area contributed by atoms with E-state index in [1.165, 1.54) is 0 Å². The van der Waals surface area contributed by atoms with Crippen LogP contribution in [0.3, 0.4) is 0 Å². The van der Waals surface area contributed by atoms with Crippen molar-refractivity contribution in [2.75, 3.05) is 0 Å². The molecule has 0 saturated heterocycles. The Balaban J connectivity index is 3.47. The van der Waals surface area contributed by atoms with Crippen LogP contribution in [-0.4, -0.2) is 12.1 Å². The number of nitrogens with one attached hydrogen (secondary N) is 1. The summed E-state index contributed by atoms with van der Waals surface area (Å²) in [6, 6.07) is 0. The highest BCUT2D eigenvalue weighted by atomic mass is 14.8. The van der Waals surface area contributed by atoms with E-state index in [-0.39, 0.29) is 0 Å². The van der Waals surface area contributed by atoms with E-state index in [0.29, 0.717) is 5.84 Å². The van der Waals surface area contributed by atoms with Gasteiger partial charge in [0.1, 0.15) is 5.84 Å². The maximum atomic E-state index is 6.90. The molecule has 0 aromatic heterocycles. The molecule has 0 aromatic carbocycles. The van der Waals surface area contributed by atoms with Gasteiger partial charge in [0.05, 0.1) is 0 Å². The molecular weight excluding hydrogens is 112 g/mol. The van der Waals surface area contributed by atoms with Crippen LogP contribution in [0.5, 0.6) is 0 Å². The van der Waals surface area contributed by atoms with Crippen LogP contribution < -0.4 is 0 Å². The summed E-state index contributed by atoms with van der Waals surface area (Å²) in [5.41, 5.74) is 0. The van der Waals surface area contributed by atoms with Gasteiger partial charge in [0, 0.05) is 6.21 Å². The zero-order valence-corrected chi connectivity index (χ0v) is 5.89. The summed E-state index contributed by atoms with van der Waals surface area (Å²) in [7, 11) is 0. The van der Waals surface area contributed by atoms with Crippen LogP contribution >= 0.6 is 0 Å². The van der Waals surface area contributed by atoms with Crippen molar-refractivity contribution in [3.63, 3.8) is 0 Å². The maximum absolute atomic E-state index is 6.90. The maximum Gasteiger partial charge on any atom is 0.117 e. The Morgan fingerprint density at radius 2 is 2.33 bits per heavy atom. The second-order valence-corrected chi connectivity index (χ2v) is 1.70. The van der Waals surface area contributed by atoms with E-state index in [0.717, 1.165) is 6.42 Å². The molecule has 0 saturated carbocycles. The topological polar surface area (TPSA) is 36.2 Å². The molecule has 0 spiro atoms. The number of aliphatic imine (C=N–C) groups is 1. The molecule has 0 amide bonds. The first-order valence-electron chi connectivity index (χ1n) is 3.01. The molecule has 1 N–H and O–H groups in total. The normalized spacial score (nSPS) is 11.3. The minimum absolute atomic E-state index is 0.343. The lowest BCUT2D eigenvalue weighted by molar-refractivity contribution is 1.23. The minimum atomic E-state index is 0.343. The summed E-state index contributed by atoms with van der Waals surface area (Å²) >= 11 is 0. The SMILES string of the molecule is CC/C=C\C=NC(C)=N. The van der Waals surface area contributed by atoms with E-state index in [9.17, 15) is 0 Å². The zero-order valence-electron chi connectivity index (χ0n) is 5.89. The van der Waals surface area contributed by atoms with Crippen molar-refractivity contribution in [1.82, 2.24) is 0 Å². The van der Waals surface area contributed by atoms with Crippen LogP contribution in [-0.2, 0) is 0 Å². The van der Waals surface area contributed by atoms with Crippen LogP contribution in [0.25, 0.3) is 0 Å². The first-order chi connectivity index (χ1) is 4.27. The zero-order chi connectivity index (χ0) is 7.11. The standard InChI is InChI=1S/C7H12N2/c1-3-4-5-6-9-7(2)8/h4-6,8H,3H2,1-2H3/b5-4-,8-7?,9-6?. The van der Waals surface area contributed by atoms with Crippen molar-refractivity contribution in [3.05, 3.63) is 12.2 Å². The van der Waals surface area contributed by atoms with Crippen LogP contribution in [0.15, 0.2) is 17.1 Å². The number of nitrogens with zero attached hydrogens (tertiary/aromatic N) is 1. The second-order valence-electron chi connectivity index (χ2n) is 1.70. The Kier molecular flexibility index (Phi) is 4.69. The first kappa shape index (κ1) is 8.08. The summed E-state index contributed by atoms with van der Waals surface area (Å²) in [5, 5.41) is 6.90. The van der Waals surface area contributed by atoms with E-state index >= 15 is 0 Å². The highest BCUT2D eigenvalue weighted by Crippen LogP contribution is 1.76. The fraction of sp³-hybridized carbons (Fsp3) is 0.429. The van der Waals surface area contributed by atoms with Crippen LogP contribution in [0.4, 0.5) is 0 Å². The van der Waals surface area contributed by atoms with E-state index in [4.69, 9.17) is 5.41 Å². The van der Waals surface area contributed by atoms with Gasteiger partial charge in [-0.2, -0.15) is 0 Å². The van der Waals surface area contributed by atoms with Crippen molar-refractivity contribution < 1.29 is 0 Å². The minimum Gasteiger partial charge on any atom is -0.287 e. The van der Waals surface area contributed by atoms with Gasteiger partial charge in [-0.15, -0.1) is 0 Å². The summed E-state index contributed by atoms with van der Waals surface area (Å²) < 4.78 is 0. The number of rotatable bonds is 2. The van der Waals surface area contributed by atoms with Gasteiger partial charge in [0.2, 0.25) is 0 Å². The van der Waals surface area contributed by atoms with Gasteiger partial charge in [0.25, 0.3) is 0 Å². The molecule has 0 aliphatic carbocycles. The van der Waals surface area contributed by atoms with Crippen LogP contribution in [0, 0.1) is 5.41 Å². The molecule has 50 valence electrons. The van der Waals surface area contributed by atoms with E-state index in [1.54, 1.807) is 13.1 Å². The molecule has 0 unspecified atom stereocenters. The molecule has 9 heavy (non-hydrogen) atoms. The summed E-state index contributed by atoms with van der Waals surface area (Å²) in [6.45, 7) is 3.71. The average Bonchev–Trinajstić information content (AvgIpc) is 1.80. The van der Waals surface area contributed by atoms with Gasteiger partial charge in [-0.05, 0) is 19.4 Å². The molecule has 2 heteroatoms. The lowest BCUT2D eigenvalue weighted by atomic mass is 10.4. The van der Waals surface area contributed by atoms with Gasteiger partial charge in [0.15, 0.2) is 0 Å². The van der Waals surface area contributed by atoms with E-state index in [1.807, 2.05) is 12.2 Å². The Hall–Kier alpha value is -0.920. The fourth-order valence-corrected chi connectivity index (χ4v) is 0.352. The van der Waals surface area contributed by atoms with E-state index < -0.39 is 0 Å². The second kappa shape index (κ2) is 5.22. The molecule has 0 aromatic rings. The van der Waals surface area contributed by atoms with E-state index in [2.05, 4.69) is 11.9 Å². The summed E-state index contributed by atoms with van der Waals surface area (Å²) in [6.07, 6.45) is 6.49. The predicted octanol–water partition coefficient (Wildman–Crippen LogP) is 2.02. The molecule has 2 nitrogen and oxygen atoms in total. The number of hydrogen-bond acceptors (Lipinski definition) is 1. The Labute approximate surface area is 55.8 Å². The molecule has 0 aliphatic rings. The average molecular weight is 124 g/mol. The van der Waals surface area contributed by atoms with Gasteiger partial charge in [-0.25, -0.2) is 4.99 Å². The van der Waals surface area contributed by atoms with Gasteiger partial charge in [-0.1, -0.05) is 13.0 Å². The largest absolute Gasteiger partial charge is 0.287 e. The smallest absolute Gasteiger partial charge is 0.117 e. The van der Waals surface area contributed by atoms with Crippen molar-refractivity contribution in [3.8, 4) is 0 Å². The predicted molar refractivity (Wildman–Crippen MR) is 41.3 cm³/mol. The Morgan fingerprint density at radius 3 is 2.78 bits per heavy atom. The van der Waals surface area contributed by atoms with Crippen molar-refractivity contribution in [1.29, 1.82) is 5.41 Å². The molecule has 0 heterocycles. The molecule has 0 bridgehead atoms. The highest BCUT2D eigenvalue weighted by molar-refractivity contribution is 5.88. The Morgan fingerprint density at radius 1 is 1.67 bits per heavy atom. The quantitative estimate of drug-likeness (QED) is 0.432. The third-order valence-corrected chi connectivity index (χ3v) is 0.726. The number of allylic oxidation sites excluding steroid dienone is 2. The summed E-state index contributed by atoms with van der Waals surface area (Å²) in [4.78, 5) is 3.73. The number of amidine groups is 1. The highest BCUT2D eigenvalue weighted by Gasteiger charge is 1.70. The van der Waals surface area contributed by atoms with Crippen molar-refractivity contribution >= 4 is 12.1 Å². The van der Waals surface area contributed by atoms with Gasteiger partial charge < -0.3 is 0 Å². The lowest BCUT2D eigenvalue weighted by Crippen LogP contribution is -1.78. The molecule has 0 aliphatic heterocycles. The molecule has 0 radical (unpaired) electrons. The first-order valence-corrected chi connectivity index (χ1v) is 3.01. The van der Waals surface area contributed by atoms with Crippen molar-refractivity contribution in [2.24, 2.45) is 4.99 Å². The summed E-state index contributed by atoms with van der Waals surface area (Å²) in [5.74, 6) is 0.343. The molecule has 0 fully saturated rings. The Bertz CT molecular complexity index is 134. The fourth-order valence-electron chi connectivity index (χ4n) is 0.352. The van der Waals surface area contributed by atoms with Crippen LogP contribution in [0.1, 0.15) is 20.3 Å². The van der Waals surface area contributed by atoms with Crippen LogP contribution in [0.2, 0.25) is 0 Å². The monoisotopic (exact) mass is 124 g/mol. The number of hydrogen-bond donors (Lipinski definition) is 1. The molecule has 0 rings (SSSR count). The third-order valence-electron chi connectivity index (χ3n) is 0.726. The third kappa shape index (κ3) is 7.08. The van der Waals surface area contributed by atoms with Crippen molar-refractivity contribution in [2.45, 2.75) is 20.3 Å². The molecule has 0 atom stereocenters. The molecular formula is C7H12N2. The lowest BCUT2D eigenvalue weighted by Gasteiger charge is -1.78.